The van der Waals surface area contributed by atoms with Crippen LogP contribution in [0.5, 0.6) is 0 Å². The predicted molar refractivity (Wildman–Crippen MR) is 101 cm³/mol. The second-order valence-electron chi connectivity index (χ2n) is 8.01. The summed E-state index contributed by atoms with van der Waals surface area (Å²) in [7, 11) is 0. The number of hydrazone groups is 1. The summed E-state index contributed by atoms with van der Waals surface area (Å²) in [6, 6.07) is 11.4. The summed E-state index contributed by atoms with van der Waals surface area (Å²) in [5.41, 5.74) is 3.72. The Bertz CT molecular complexity index is 767. The van der Waals surface area contributed by atoms with Crippen molar-refractivity contribution in [3.63, 3.8) is 0 Å². The summed E-state index contributed by atoms with van der Waals surface area (Å²) in [6.45, 7) is 4.64. The summed E-state index contributed by atoms with van der Waals surface area (Å²) in [5.74, 6) is 2.78. The molecule has 1 spiro atoms. The highest BCUT2D eigenvalue weighted by Crippen LogP contribution is 2.51. The van der Waals surface area contributed by atoms with Crippen LogP contribution < -0.4 is 5.43 Å². The Kier molecular flexibility index (Phi) is 3.21. The van der Waals surface area contributed by atoms with Crippen molar-refractivity contribution in [1.29, 1.82) is 0 Å². The molecule has 2 heterocycles. The van der Waals surface area contributed by atoms with Crippen LogP contribution in [0.4, 0.5) is 0 Å². The maximum absolute atomic E-state index is 4.90. The number of amidine groups is 1. The molecular formula is C20H25N3S. The first kappa shape index (κ1) is 14.8. The number of hydrogen-bond acceptors (Lipinski definition) is 4. The molecule has 3 nitrogen and oxygen atoms in total. The van der Waals surface area contributed by atoms with Crippen LogP contribution in [-0.2, 0) is 0 Å². The van der Waals surface area contributed by atoms with Crippen molar-refractivity contribution >= 4 is 27.3 Å². The molecule has 3 aliphatic carbocycles. The molecule has 0 unspecified atom stereocenters. The molecule has 1 N–H and O–H groups in total. The van der Waals surface area contributed by atoms with Crippen molar-refractivity contribution in [3.05, 3.63) is 35.2 Å². The third-order valence-electron chi connectivity index (χ3n) is 6.30. The smallest absolute Gasteiger partial charge is 0.168 e. The molecule has 4 aliphatic rings. The molecule has 126 valence electrons. The van der Waals surface area contributed by atoms with Crippen molar-refractivity contribution in [1.82, 2.24) is 10.3 Å². The van der Waals surface area contributed by atoms with Crippen LogP contribution >= 0.6 is 11.3 Å². The van der Waals surface area contributed by atoms with Crippen LogP contribution in [0, 0.1) is 11.8 Å². The molecule has 1 aromatic heterocycles. The third kappa shape index (κ3) is 1.98. The van der Waals surface area contributed by atoms with Gasteiger partial charge in [-0.05, 0) is 69.4 Å². The lowest BCUT2D eigenvalue weighted by Gasteiger charge is -2.55. The van der Waals surface area contributed by atoms with Gasteiger partial charge in [0.05, 0.1) is 4.88 Å². The Labute approximate surface area is 147 Å². The first-order valence-corrected chi connectivity index (χ1v) is 10.1. The van der Waals surface area contributed by atoms with E-state index in [0.717, 1.165) is 11.8 Å². The Balaban J connectivity index is 1.57. The number of nitrogens with one attached hydrogen (secondary N) is 1. The van der Waals surface area contributed by atoms with Crippen molar-refractivity contribution in [2.45, 2.75) is 57.7 Å². The van der Waals surface area contributed by atoms with Gasteiger partial charge in [-0.25, -0.2) is 0 Å². The highest BCUT2D eigenvalue weighted by molar-refractivity contribution is 7.20. The maximum Gasteiger partial charge on any atom is 0.168 e. The fourth-order valence-electron chi connectivity index (χ4n) is 5.30. The number of benzene rings is 1. The van der Waals surface area contributed by atoms with Crippen molar-refractivity contribution < 1.29 is 0 Å². The summed E-state index contributed by atoms with van der Waals surface area (Å²) >= 11 is 1.87. The fourth-order valence-corrected chi connectivity index (χ4v) is 6.35. The number of nitrogens with zero attached hydrogens (tertiary/aromatic N) is 2. The summed E-state index contributed by atoms with van der Waals surface area (Å²) < 4.78 is 1.35. The molecule has 3 saturated carbocycles. The molecule has 4 heteroatoms. The number of rotatable bonds is 2. The third-order valence-corrected chi connectivity index (χ3v) is 7.41. The first-order valence-electron chi connectivity index (χ1n) is 9.30. The molecule has 24 heavy (non-hydrogen) atoms. The van der Waals surface area contributed by atoms with Gasteiger partial charge in [0.1, 0.15) is 5.66 Å². The zero-order valence-corrected chi connectivity index (χ0v) is 15.3. The van der Waals surface area contributed by atoms with Crippen LogP contribution in [0.15, 0.2) is 35.4 Å². The molecule has 1 aromatic carbocycles. The Morgan fingerprint density at radius 2 is 2.00 bits per heavy atom. The SMILES string of the molecule is CC(C)N1C(c2cc3ccccc3s2)=NN[C@@]12CC1CCC2CC1. The van der Waals surface area contributed by atoms with E-state index in [1.807, 2.05) is 11.3 Å². The second-order valence-corrected chi connectivity index (χ2v) is 9.09. The van der Waals surface area contributed by atoms with Gasteiger partial charge in [-0.1, -0.05) is 18.2 Å². The van der Waals surface area contributed by atoms with E-state index in [-0.39, 0.29) is 5.66 Å². The van der Waals surface area contributed by atoms with Crippen LogP contribution in [0.25, 0.3) is 10.1 Å². The molecule has 0 saturated heterocycles. The van der Waals surface area contributed by atoms with Crippen molar-refractivity contribution in [2.75, 3.05) is 0 Å². The Morgan fingerprint density at radius 3 is 2.67 bits per heavy atom. The molecular weight excluding hydrogens is 314 g/mol. The number of hydrogen-bond donors (Lipinski definition) is 1. The van der Waals surface area contributed by atoms with Gasteiger partial charge in [0.25, 0.3) is 0 Å². The predicted octanol–water partition coefficient (Wildman–Crippen LogP) is 4.78. The van der Waals surface area contributed by atoms with Gasteiger partial charge >= 0.3 is 0 Å². The van der Waals surface area contributed by atoms with Gasteiger partial charge in [0, 0.05) is 16.7 Å². The molecule has 0 radical (unpaired) electrons. The second kappa shape index (κ2) is 5.22. The van der Waals surface area contributed by atoms with Gasteiger partial charge in [-0.2, -0.15) is 5.10 Å². The minimum absolute atomic E-state index is 0.0703. The van der Waals surface area contributed by atoms with Gasteiger partial charge in [0.15, 0.2) is 5.84 Å². The van der Waals surface area contributed by atoms with E-state index in [4.69, 9.17) is 5.10 Å². The van der Waals surface area contributed by atoms with E-state index in [0.29, 0.717) is 6.04 Å². The van der Waals surface area contributed by atoms with Crippen LogP contribution in [0.1, 0.15) is 50.8 Å². The average Bonchev–Trinajstić information content (AvgIpc) is 3.17. The van der Waals surface area contributed by atoms with Gasteiger partial charge in [-0.3, -0.25) is 5.43 Å². The molecule has 6 rings (SSSR count). The minimum Gasteiger partial charge on any atom is -0.327 e. The topological polar surface area (TPSA) is 27.6 Å². The largest absolute Gasteiger partial charge is 0.327 e. The lowest BCUT2D eigenvalue weighted by Crippen LogP contribution is -2.65. The lowest BCUT2D eigenvalue weighted by molar-refractivity contribution is -0.0408. The van der Waals surface area contributed by atoms with E-state index in [2.05, 4.69) is 54.5 Å². The number of fused-ring (bicyclic) bond motifs is 3. The molecule has 2 bridgehead atoms. The maximum atomic E-state index is 4.90. The highest BCUT2D eigenvalue weighted by Gasteiger charge is 2.55. The van der Waals surface area contributed by atoms with Crippen LogP contribution in [-0.4, -0.2) is 22.4 Å². The van der Waals surface area contributed by atoms with E-state index in [9.17, 15) is 0 Å². The summed E-state index contributed by atoms with van der Waals surface area (Å²) in [4.78, 5) is 3.92. The average molecular weight is 340 g/mol. The van der Waals surface area contributed by atoms with E-state index >= 15 is 0 Å². The monoisotopic (exact) mass is 339 g/mol. The van der Waals surface area contributed by atoms with Crippen molar-refractivity contribution in [3.8, 4) is 0 Å². The van der Waals surface area contributed by atoms with Gasteiger partial charge in [0.2, 0.25) is 0 Å². The van der Waals surface area contributed by atoms with Gasteiger partial charge in [-0.15, -0.1) is 11.3 Å². The molecule has 3 fully saturated rings. The van der Waals surface area contributed by atoms with Crippen molar-refractivity contribution in [2.24, 2.45) is 16.9 Å². The molecule has 1 aliphatic heterocycles. The molecule has 0 amide bonds. The molecule has 2 aromatic rings. The summed E-state index contributed by atoms with van der Waals surface area (Å²) in [6.07, 6.45) is 6.80. The van der Waals surface area contributed by atoms with E-state index in [1.54, 1.807) is 0 Å². The fraction of sp³-hybridized carbons (Fsp3) is 0.550. The number of thiophene rings is 1. The van der Waals surface area contributed by atoms with Crippen LogP contribution in [0.2, 0.25) is 0 Å². The quantitative estimate of drug-likeness (QED) is 0.852. The first-order chi connectivity index (χ1) is 11.7. The zero-order chi connectivity index (χ0) is 16.3. The normalized spacial score (nSPS) is 32.0. The minimum atomic E-state index is 0.0703. The van der Waals surface area contributed by atoms with Gasteiger partial charge < -0.3 is 4.90 Å². The highest BCUT2D eigenvalue weighted by atomic mass is 32.1. The standard InChI is InChI=1S/C20H25N3S/c1-13(2)23-19(18-11-15-5-3-4-6-17(15)24-18)21-22-20(23)12-14-7-9-16(20)10-8-14/h3-6,11,13-14,16,22H,7-10,12H2,1-2H3/t14?,16?,20-/m0/s1. The Morgan fingerprint density at radius 1 is 1.21 bits per heavy atom. The summed E-state index contributed by atoms with van der Waals surface area (Å²) in [5, 5.41) is 6.23. The zero-order valence-electron chi connectivity index (χ0n) is 14.5. The lowest BCUT2D eigenvalue weighted by atomic mass is 9.63. The van der Waals surface area contributed by atoms with E-state index in [1.165, 1.54) is 52.9 Å². The van der Waals surface area contributed by atoms with E-state index < -0.39 is 0 Å². The van der Waals surface area contributed by atoms with Crippen LogP contribution in [0.3, 0.4) is 0 Å². The Hall–Kier alpha value is -1.55. The molecule has 1 atom stereocenters.